The van der Waals surface area contributed by atoms with Crippen molar-refractivity contribution in [2.75, 3.05) is 0 Å². The third kappa shape index (κ3) is 1.84. The van der Waals surface area contributed by atoms with Crippen LogP contribution in [0.1, 0.15) is 17.5 Å². The van der Waals surface area contributed by atoms with Crippen LogP contribution in [0, 0.1) is 0 Å². The molecule has 0 amide bonds. The van der Waals surface area contributed by atoms with E-state index in [-0.39, 0.29) is 0 Å². The lowest BCUT2D eigenvalue weighted by molar-refractivity contribution is 1.01. The van der Waals surface area contributed by atoms with Gasteiger partial charge in [0.15, 0.2) is 0 Å². The van der Waals surface area contributed by atoms with Crippen LogP contribution in [0.5, 0.6) is 0 Å². The Kier molecular flexibility index (Phi) is 2.81. The van der Waals surface area contributed by atoms with Crippen LogP contribution in [0.4, 0.5) is 0 Å². The Balaban J connectivity index is 1.83. The minimum absolute atomic E-state index is 1.11. The standard InChI is InChI=1S/C26H18/c1-5-17-9-3-11-23-21(15-13-19(7-1)25(17)23)22-16-14-20-8-2-6-18-10-4-12-24(22)26(18)20/h1-13,15H,14,16H2. The van der Waals surface area contributed by atoms with E-state index >= 15 is 0 Å². The van der Waals surface area contributed by atoms with Gasteiger partial charge in [0.1, 0.15) is 0 Å². The summed E-state index contributed by atoms with van der Waals surface area (Å²) < 4.78 is 0. The summed E-state index contributed by atoms with van der Waals surface area (Å²) >= 11 is 0. The first kappa shape index (κ1) is 14.1. The van der Waals surface area contributed by atoms with Crippen LogP contribution in [0.15, 0.2) is 84.9 Å². The SMILES string of the molecule is c1cc2c3c(cccc3c1)C(=c1ccc3cccc4cccc1c43)CC2. The quantitative estimate of drug-likeness (QED) is 0.326. The van der Waals surface area contributed by atoms with Crippen molar-refractivity contribution >= 4 is 37.9 Å². The highest BCUT2D eigenvalue weighted by molar-refractivity contribution is 6.11. The van der Waals surface area contributed by atoms with Crippen molar-refractivity contribution in [2.45, 2.75) is 12.8 Å². The molecule has 0 unspecified atom stereocenters. The van der Waals surface area contributed by atoms with Crippen LogP contribution in [0.2, 0.25) is 0 Å². The maximum absolute atomic E-state index is 2.33. The number of hydrogen-bond acceptors (Lipinski definition) is 0. The van der Waals surface area contributed by atoms with Gasteiger partial charge in [0.2, 0.25) is 0 Å². The van der Waals surface area contributed by atoms with Crippen LogP contribution < -0.4 is 5.22 Å². The van der Waals surface area contributed by atoms with E-state index in [4.69, 9.17) is 0 Å². The van der Waals surface area contributed by atoms with Crippen molar-refractivity contribution in [3.63, 3.8) is 0 Å². The third-order valence-electron chi connectivity index (χ3n) is 5.94. The van der Waals surface area contributed by atoms with Crippen LogP contribution in [0.3, 0.4) is 0 Å². The van der Waals surface area contributed by atoms with Gasteiger partial charge in [-0.15, -0.1) is 0 Å². The molecule has 0 radical (unpaired) electrons. The fourth-order valence-electron chi connectivity index (χ4n) is 4.81. The summed E-state index contributed by atoms with van der Waals surface area (Å²) in [5.41, 5.74) is 4.40. The average molecular weight is 330 g/mol. The van der Waals surface area contributed by atoms with Gasteiger partial charge in [-0.25, -0.2) is 0 Å². The van der Waals surface area contributed by atoms with Gasteiger partial charge in [0, 0.05) is 0 Å². The Morgan fingerprint density at radius 1 is 0.500 bits per heavy atom. The molecule has 0 saturated heterocycles. The highest BCUT2D eigenvalue weighted by Gasteiger charge is 2.17. The summed E-state index contributed by atoms with van der Waals surface area (Å²) in [6.45, 7) is 0. The van der Waals surface area contributed by atoms with Crippen LogP contribution >= 0.6 is 0 Å². The van der Waals surface area contributed by atoms with Crippen LogP contribution in [-0.2, 0) is 6.42 Å². The van der Waals surface area contributed by atoms with E-state index in [0.717, 1.165) is 12.8 Å². The molecule has 0 heteroatoms. The molecule has 0 N–H and O–H groups in total. The van der Waals surface area contributed by atoms with Crippen molar-refractivity contribution in [1.82, 2.24) is 0 Å². The van der Waals surface area contributed by atoms with Gasteiger partial charge >= 0.3 is 0 Å². The molecule has 0 saturated carbocycles. The maximum Gasteiger partial charge on any atom is -0.00327 e. The minimum Gasteiger partial charge on any atom is -0.0614 e. The second kappa shape index (κ2) is 5.19. The Morgan fingerprint density at radius 2 is 1.15 bits per heavy atom. The molecular formula is C26H18. The summed E-state index contributed by atoms with van der Waals surface area (Å²) in [7, 11) is 0. The molecule has 1 aliphatic carbocycles. The fraction of sp³-hybridized carbons (Fsp3) is 0.0769. The molecule has 1 aliphatic rings. The van der Waals surface area contributed by atoms with E-state index in [1.807, 2.05) is 0 Å². The predicted molar refractivity (Wildman–Crippen MR) is 111 cm³/mol. The second-order valence-corrected chi connectivity index (χ2v) is 7.30. The molecule has 122 valence electrons. The van der Waals surface area contributed by atoms with Gasteiger partial charge < -0.3 is 0 Å². The molecule has 0 aromatic heterocycles. The molecule has 6 rings (SSSR count). The molecule has 5 aromatic rings. The van der Waals surface area contributed by atoms with Crippen LogP contribution in [-0.4, -0.2) is 0 Å². The number of aryl methyl sites for hydroxylation is 1. The van der Waals surface area contributed by atoms with Gasteiger partial charge in [-0.2, -0.15) is 0 Å². The number of rotatable bonds is 0. The van der Waals surface area contributed by atoms with Crippen molar-refractivity contribution in [3.05, 3.63) is 101 Å². The zero-order valence-corrected chi connectivity index (χ0v) is 14.5. The summed E-state index contributed by atoms with van der Waals surface area (Å²) in [6.07, 6.45) is 2.23. The van der Waals surface area contributed by atoms with E-state index in [1.165, 1.54) is 54.2 Å². The summed E-state index contributed by atoms with van der Waals surface area (Å²) in [5, 5.41) is 9.64. The van der Waals surface area contributed by atoms with Gasteiger partial charge in [0.25, 0.3) is 0 Å². The van der Waals surface area contributed by atoms with Crippen molar-refractivity contribution < 1.29 is 0 Å². The Bertz CT molecular complexity index is 1340. The van der Waals surface area contributed by atoms with Gasteiger partial charge in [0.05, 0.1) is 0 Å². The number of benzene rings is 5. The van der Waals surface area contributed by atoms with E-state index in [9.17, 15) is 0 Å². The third-order valence-corrected chi connectivity index (χ3v) is 5.94. The van der Waals surface area contributed by atoms with Gasteiger partial charge in [-0.1, -0.05) is 84.9 Å². The lowest BCUT2D eigenvalue weighted by Crippen LogP contribution is -2.13. The molecule has 0 bridgehead atoms. The minimum atomic E-state index is 1.11. The van der Waals surface area contributed by atoms with Crippen molar-refractivity contribution in [1.29, 1.82) is 0 Å². The lowest BCUT2D eigenvalue weighted by Gasteiger charge is -2.21. The molecule has 26 heavy (non-hydrogen) atoms. The highest BCUT2D eigenvalue weighted by atomic mass is 14.2. The zero-order valence-electron chi connectivity index (χ0n) is 14.5. The topological polar surface area (TPSA) is 0 Å². The molecule has 0 spiro atoms. The highest BCUT2D eigenvalue weighted by Crippen LogP contribution is 2.35. The van der Waals surface area contributed by atoms with Gasteiger partial charge in [-0.05, 0) is 67.1 Å². The lowest BCUT2D eigenvalue weighted by atomic mass is 9.83. The average Bonchev–Trinajstić information content (AvgIpc) is 2.70. The summed E-state index contributed by atoms with van der Waals surface area (Å²) in [5.74, 6) is 0. The van der Waals surface area contributed by atoms with E-state index in [1.54, 1.807) is 0 Å². The summed E-state index contributed by atoms with van der Waals surface area (Å²) in [4.78, 5) is 0. The van der Waals surface area contributed by atoms with Gasteiger partial charge in [-0.3, -0.25) is 0 Å². The number of hydrogen-bond donors (Lipinski definition) is 0. The Hall–Kier alpha value is -3.12. The Morgan fingerprint density at radius 3 is 2.00 bits per heavy atom. The normalized spacial score (nSPS) is 15.8. The predicted octanol–water partition coefficient (Wildman–Crippen LogP) is 6.01. The molecular weight excluding hydrogens is 312 g/mol. The molecule has 0 fully saturated rings. The fourth-order valence-corrected chi connectivity index (χ4v) is 4.81. The van der Waals surface area contributed by atoms with E-state index in [0.29, 0.717) is 0 Å². The largest absolute Gasteiger partial charge is 0.0614 e. The molecule has 5 aromatic carbocycles. The molecule has 0 nitrogen and oxygen atoms in total. The van der Waals surface area contributed by atoms with Crippen molar-refractivity contribution in [3.8, 4) is 0 Å². The molecule has 0 heterocycles. The second-order valence-electron chi connectivity index (χ2n) is 7.30. The zero-order chi connectivity index (χ0) is 17.1. The first-order chi connectivity index (χ1) is 12.9. The molecule has 0 aliphatic heterocycles. The Labute approximate surface area is 152 Å². The summed E-state index contributed by atoms with van der Waals surface area (Å²) in [6, 6.07) is 31.4. The first-order valence-electron chi connectivity index (χ1n) is 9.34. The maximum atomic E-state index is 2.33. The monoisotopic (exact) mass is 330 g/mol. The smallest absolute Gasteiger partial charge is 0.00327 e. The van der Waals surface area contributed by atoms with Crippen molar-refractivity contribution in [2.24, 2.45) is 0 Å². The van der Waals surface area contributed by atoms with E-state index in [2.05, 4.69) is 84.9 Å². The van der Waals surface area contributed by atoms with Crippen LogP contribution in [0.25, 0.3) is 37.9 Å². The van der Waals surface area contributed by atoms with E-state index < -0.39 is 0 Å². The molecule has 0 atom stereocenters. The first-order valence-corrected chi connectivity index (χ1v) is 9.34.